The highest BCUT2D eigenvalue weighted by Gasteiger charge is 2.77. The molecule has 1 unspecified atom stereocenters. The van der Waals surface area contributed by atoms with Gasteiger partial charge in [0.1, 0.15) is 53.2 Å². The topological polar surface area (TPSA) is 187 Å². The number of alkyl carbamates (subject to hydrolysis) is 1. The molecule has 4 fully saturated rings. The van der Waals surface area contributed by atoms with Crippen LogP contribution in [-0.2, 0) is 47.2 Å². The molecule has 3 aliphatic carbocycles. The van der Waals surface area contributed by atoms with Crippen molar-refractivity contribution in [3.63, 3.8) is 0 Å². The van der Waals surface area contributed by atoms with E-state index in [2.05, 4.69) is 16.9 Å². The fourth-order valence-corrected chi connectivity index (χ4v) is 18.8. The van der Waals surface area contributed by atoms with Gasteiger partial charge in [-0.25, -0.2) is 18.8 Å². The number of aromatic nitrogens is 1. The van der Waals surface area contributed by atoms with E-state index < -0.39 is 120 Å². The molecule has 0 radical (unpaired) electrons. The average molecular weight is 1020 g/mol. The molecule has 2 saturated heterocycles. The van der Waals surface area contributed by atoms with Crippen LogP contribution in [0.2, 0.25) is 16.6 Å². The number of esters is 3. The van der Waals surface area contributed by atoms with Gasteiger partial charge in [0.25, 0.3) is 0 Å². The minimum Gasteiger partial charge on any atom is -0.456 e. The molecule has 2 aliphatic heterocycles. The highest BCUT2D eigenvalue weighted by Crippen LogP contribution is 2.67. The third kappa shape index (κ3) is 9.37. The van der Waals surface area contributed by atoms with Gasteiger partial charge in [0.15, 0.2) is 17.5 Å². The second kappa shape index (κ2) is 19.6. The molecule has 2 bridgehead atoms. The highest BCUT2D eigenvalue weighted by atomic mass is 28.4. The maximum absolute atomic E-state index is 16.3. The van der Waals surface area contributed by atoms with E-state index in [1.54, 1.807) is 64.1 Å². The van der Waals surface area contributed by atoms with Crippen molar-refractivity contribution >= 4 is 32.3 Å². The van der Waals surface area contributed by atoms with Crippen LogP contribution < -0.4 is 5.32 Å². The van der Waals surface area contributed by atoms with Gasteiger partial charge in [-0.05, 0) is 106 Å². The monoisotopic (exact) mass is 1020 g/mol. The molecule has 17 heteroatoms. The van der Waals surface area contributed by atoms with Crippen LogP contribution in [0.5, 0.6) is 0 Å². The average Bonchev–Trinajstić information content (AvgIpc) is 3.63. The zero-order valence-electron chi connectivity index (χ0n) is 44.8. The number of carbonyl (C=O) groups is 4. The lowest BCUT2D eigenvalue weighted by molar-refractivity contribution is -0.346. The predicted octanol–water partition coefficient (Wildman–Crippen LogP) is 9.78. The molecule has 1 amide bonds. The number of hydrogen-bond acceptors (Lipinski definition) is 14. The van der Waals surface area contributed by atoms with Crippen LogP contribution in [0.15, 0.2) is 72.5 Å². The highest BCUT2D eigenvalue weighted by molar-refractivity contribution is 6.77. The van der Waals surface area contributed by atoms with Gasteiger partial charge in [-0.3, -0.25) is 9.78 Å². The minimum absolute atomic E-state index is 0.0627. The molecule has 1 aromatic heterocycles. The van der Waals surface area contributed by atoms with Crippen molar-refractivity contribution in [1.29, 1.82) is 0 Å². The minimum atomic E-state index is -3.14. The van der Waals surface area contributed by atoms with Crippen molar-refractivity contribution in [2.45, 2.75) is 205 Å². The SMILES string of the molecule is C=CC1(C)O[C@@H]2C3=C(C)[C@@H](OC(=O)[C@H](O[Si](C(C)C)(C(C)C)C(C)C)[C@@H](NC(=O)OC(C)(C)C)c4ncccc4F)C[C@@](O)([C@@H](OC(=O)c4ccccc4)[C@H]4[C@@](C)(CC[C@H]5OC[C@]54OC(C)=O)[C@@H]2O1)C3(C)C. The van der Waals surface area contributed by atoms with Crippen LogP contribution in [-0.4, -0.2) is 108 Å². The lowest BCUT2D eigenvalue weighted by Gasteiger charge is -2.68. The van der Waals surface area contributed by atoms with E-state index in [4.69, 9.17) is 37.6 Å². The number of ether oxygens (including phenoxy) is 7. The summed E-state index contributed by atoms with van der Waals surface area (Å²) < 4.78 is 69.4. The first-order valence-electron chi connectivity index (χ1n) is 25.4. The van der Waals surface area contributed by atoms with Crippen LogP contribution in [0, 0.1) is 22.6 Å². The van der Waals surface area contributed by atoms with Gasteiger partial charge in [-0.2, -0.15) is 0 Å². The van der Waals surface area contributed by atoms with Crippen molar-refractivity contribution in [2.75, 3.05) is 6.61 Å². The van der Waals surface area contributed by atoms with E-state index >= 15 is 9.18 Å². The number of nitrogens with one attached hydrogen (secondary N) is 1. The fraction of sp³-hybridized carbons (Fsp3) is 0.655. The Bertz CT molecular complexity index is 2420. The number of pyridine rings is 1. The van der Waals surface area contributed by atoms with E-state index in [-0.39, 0.29) is 40.9 Å². The molecule has 1 aromatic carbocycles. The van der Waals surface area contributed by atoms with Crippen LogP contribution in [0.25, 0.3) is 0 Å². The smallest absolute Gasteiger partial charge is 0.408 e. The Morgan fingerprint density at radius 3 is 2.14 bits per heavy atom. The van der Waals surface area contributed by atoms with Gasteiger partial charge >= 0.3 is 24.0 Å². The fourth-order valence-electron chi connectivity index (χ4n) is 13.3. The predicted molar refractivity (Wildman–Crippen MR) is 267 cm³/mol. The molecule has 396 valence electrons. The van der Waals surface area contributed by atoms with Gasteiger partial charge in [0.2, 0.25) is 8.32 Å². The maximum Gasteiger partial charge on any atom is 0.408 e. The normalized spacial score (nSPS) is 32.7. The Morgan fingerprint density at radius 2 is 1.60 bits per heavy atom. The largest absolute Gasteiger partial charge is 0.456 e. The summed E-state index contributed by atoms with van der Waals surface area (Å²) in [5.41, 5.74) is -6.26. The van der Waals surface area contributed by atoms with Crippen molar-refractivity contribution in [1.82, 2.24) is 10.3 Å². The number of rotatable bonds is 14. The summed E-state index contributed by atoms with van der Waals surface area (Å²) in [6.07, 6.45) is -4.43. The second-order valence-corrected chi connectivity index (χ2v) is 28.9. The maximum atomic E-state index is 16.3. The van der Waals surface area contributed by atoms with E-state index in [1.165, 1.54) is 25.3 Å². The molecule has 7 rings (SSSR count). The Kier molecular flexibility index (Phi) is 15.1. The Morgan fingerprint density at radius 1 is 0.958 bits per heavy atom. The Balaban J connectivity index is 1.47. The van der Waals surface area contributed by atoms with E-state index in [9.17, 15) is 19.5 Å². The Labute approximate surface area is 425 Å². The molecule has 15 nitrogen and oxygen atoms in total. The van der Waals surface area contributed by atoms with Crippen LogP contribution in [0.3, 0.4) is 0 Å². The summed E-state index contributed by atoms with van der Waals surface area (Å²) in [5, 5.41) is 17.0. The summed E-state index contributed by atoms with van der Waals surface area (Å²) in [5.74, 6) is -5.51. The van der Waals surface area contributed by atoms with Crippen molar-refractivity contribution in [2.24, 2.45) is 16.7 Å². The number of nitrogens with zero attached hydrogens (tertiary/aromatic N) is 1. The van der Waals surface area contributed by atoms with Crippen LogP contribution >= 0.6 is 0 Å². The summed E-state index contributed by atoms with van der Waals surface area (Å²) >= 11 is 0. The molecule has 2 aromatic rings. The molecule has 72 heavy (non-hydrogen) atoms. The summed E-state index contributed by atoms with van der Waals surface area (Å²) in [7, 11) is -3.14. The van der Waals surface area contributed by atoms with Gasteiger partial charge in [0, 0.05) is 30.4 Å². The number of halogens is 1. The number of fused-ring (bicyclic) bond motifs is 8. The van der Waals surface area contributed by atoms with Crippen molar-refractivity contribution < 1.29 is 66.3 Å². The number of carbonyl (C=O) groups excluding carboxylic acids is 4. The standard InChI is InChI=1S/C55H77FN2O13Si/c1-17-53(16)68-42-39-33(8)37(65-48(61)43(71-72(30(2)3,31(4)5)32(6)7)41(40-36(56)24-21-27-57-40)58-49(62)70-50(10,11)12)28-55(63,51(39,13)14)46(66-47(60)35-22-19-18-20-23-35)44-52(15,45(42)69-53)26-25-38-54(44,29-64-38)67-34(9)59/h17-24,27,30-32,37-38,41-46,63H,1,25-26,28-29H2,2-16H3,(H,58,62)/t37-,38+,41-,42+,43+,44-,45+,46-,52+,53?,54-,55+/m0/s1. The lowest BCUT2D eigenvalue weighted by atomic mass is 9.45. The number of benzene rings is 1. The third-order valence-corrected chi connectivity index (χ3v) is 22.7. The summed E-state index contributed by atoms with van der Waals surface area (Å²) in [6, 6.07) is 9.40. The van der Waals surface area contributed by atoms with E-state index in [0.29, 0.717) is 24.0 Å². The van der Waals surface area contributed by atoms with E-state index in [0.717, 1.165) is 0 Å². The van der Waals surface area contributed by atoms with E-state index in [1.807, 2.05) is 69.2 Å². The molecule has 5 aliphatic rings. The molecular weight excluding hydrogens is 944 g/mol. The first-order valence-corrected chi connectivity index (χ1v) is 27.5. The third-order valence-electron chi connectivity index (χ3n) is 16.6. The summed E-state index contributed by atoms with van der Waals surface area (Å²) in [4.78, 5) is 62.1. The van der Waals surface area contributed by atoms with Gasteiger partial charge in [-0.15, -0.1) is 0 Å². The molecule has 2 N–H and O–H groups in total. The van der Waals surface area contributed by atoms with Gasteiger partial charge in [0.05, 0.1) is 24.2 Å². The second-order valence-electron chi connectivity index (χ2n) is 23.5. The van der Waals surface area contributed by atoms with Gasteiger partial charge in [-0.1, -0.05) is 87.1 Å². The molecule has 2 saturated carbocycles. The molecule has 0 spiro atoms. The number of hydrogen-bond donors (Lipinski definition) is 2. The summed E-state index contributed by atoms with van der Waals surface area (Å²) in [6.45, 7) is 31.8. The zero-order valence-corrected chi connectivity index (χ0v) is 45.8. The van der Waals surface area contributed by atoms with Crippen LogP contribution in [0.1, 0.15) is 145 Å². The molecular formula is C55H77FN2O13Si. The Hall–Kier alpha value is -4.52. The number of aliphatic hydroxyl groups is 1. The van der Waals surface area contributed by atoms with Crippen LogP contribution in [0.4, 0.5) is 9.18 Å². The van der Waals surface area contributed by atoms with Crippen molar-refractivity contribution in [3.05, 3.63) is 89.5 Å². The molecule has 12 atom stereocenters. The number of amides is 1. The lowest BCUT2D eigenvalue weighted by Crippen LogP contribution is -2.79. The first kappa shape index (κ1) is 55.2. The zero-order chi connectivity index (χ0) is 53.3. The first-order chi connectivity index (χ1) is 33.4. The van der Waals surface area contributed by atoms with Gasteiger partial charge < -0.3 is 48.0 Å². The molecule has 3 heterocycles. The quantitative estimate of drug-likeness (QED) is 0.0788. The van der Waals surface area contributed by atoms with Crippen molar-refractivity contribution in [3.8, 4) is 0 Å².